The molecule has 4 amide bonds. The maximum absolute atomic E-state index is 11.8. The molecular formula is C17H17N5O3. The summed E-state index contributed by atoms with van der Waals surface area (Å²) in [5.74, 6) is -0.194. The molecule has 0 aliphatic carbocycles. The van der Waals surface area contributed by atoms with Crippen molar-refractivity contribution in [3.8, 4) is 11.3 Å². The van der Waals surface area contributed by atoms with E-state index in [-0.39, 0.29) is 13.1 Å². The molecule has 0 saturated carbocycles. The fraction of sp³-hybridized carbons (Fsp3) is 0.235. The van der Waals surface area contributed by atoms with Crippen molar-refractivity contribution >= 4 is 17.8 Å². The van der Waals surface area contributed by atoms with Crippen LogP contribution in [0.5, 0.6) is 0 Å². The zero-order valence-electron chi connectivity index (χ0n) is 13.4. The molecule has 0 atom stereocenters. The molecule has 0 bridgehead atoms. The third-order valence-corrected chi connectivity index (χ3v) is 3.68. The van der Waals surface area contributed by atoms with Crippen LogP contribution in [0.25, 0.3) is 11.3 Å². The molecule has 1 fully saturated rings. The van der Waals surface area contributed by atoms with Crippen LogP contribution in [0.3, 0.4) is 0 Å². The number of amides is 4. The molecule has 2 N–H and O–H groups in total. The van der Waals surface area contributed by atoms with Gasteiger partial charge in [-0.15, -0.1) is 0 Å². The lowest BCUT2D eigenvalue weighted by Crippen LogP contribution is -2.41. The van der Waals surface area contributed by atoms with E-state index in [9.17, 15) is 14.4 Å². The topological polar surface area (TPSA) is 104 Å². The largest absolute Gasteiger partial charge is 0.354 e. The van der Waals surface area contributed by atoms with Gasteiger partial charge in [0, 0.05) is 24.7 Å². The zero-order chi connectivity index (χ0) is 17.6. The summed E-state index contributed by atoms with van der Waals surface area (Å²) in [5.41, 5.74) is 1.81. The van der Waals surface area contributed by atoms with Crippen LogP contribution < -0.4 is 10.6 Å². The number of nitrogens with zero attached hydrogens (tertiary/aromatic N) is 3. The maximum atomic E-state index is 11.8. The maximum Gasteiger partial charge on any atom is 0.325 e. The summed E-state index contributed by atoms with van der Waals surface area (Å²) in [6.07, 6.45) is 2.13. The molecule has 1 aliphatic rings. The Kier molecular flexibility index (Phi) is 4.98. The Bertz CT molecular complexity index is 778. The third-order valence-electron chi connectivity index (χ3n) is 3.68. The van der Waals surface area contributed by atoms with Crippen molar-refractivity contribution in [1.29, 1.82) is 0 Å². The molecule has 8 heteroatoms. The minimum atomic E-state index is -0.543. The first-order valence-corrected chi connectivity index (χ1v) is 7.86. The zero-order valence-corrected chi connectivity index (χ0v) is 13.4. The van der Waals surface area contributed by atoms with Crippen molar-refractivity contribution in [2.24, 2.45) is 0 Å². The molecule has 2 aromatic rings. The lowest BCUT2D eigenvalue weighted by Gasteiger charge is -2.12. The van der Waals surface area contributed by atoms with Crippen molar-refractivity contribution in [1.82, 2.24) is 25.5 Å². The van der Waals surface area contributed by atoms with Crippen LogP contribution in [-0.2, 0) is 16.0 Å². The highest BCUT2D eigenvalue weighted by atomic mass is 16.2. The number of rotatable bonds is 6. The van der Waals surface area contributed by atoms with Crippen molar-refractivity contribution < 1.29 is 14.4 Å². The summed E-state index contributed by atoms with van der Waals surface area (Å²) in [6, 6.07) is 11.0. The molecule has 3 rings (SSSR count). The van der Waals surface area contributed by atoms with E-state index in [2.05, 4.69) is 20.6 Å². The molecule has 0 radical (unpaired) electrons. The second kappa shape index (κ2) is 7.52. The van der Waals surface area contributed by atoms with Crippen LogP contribution in [0.1, 0.15) is 5.82 Å². The van der Waals surface area contributed by atoms with Crippen LogP contribution in [0.4, 0.5) is 4.79 Å². The van der Waals surface area contributed by atoms with E-state index in [1.54, 1.807) is 6.20 Å². The first-order valence-electron chi connectivity index (χ1n) is 7.86. The summed E-state index contributed by atoms with van der Waals surface area (Å²) in [7, 11) is 0. The quantitative estimate of drug-likeness (QED) is 0.739. The highest BCUT2D eigenvalue weighted by molar-refractivity contribution is 6.04. The first kappa shape index (κ1) is 16.6. The lowest BCUT2D eigenvalue weighted by molar-refractivity contribution is -0.130. The van der Waals surface area contributed by atoms with Gasteiger partial charge in [0.05, 0.1) is 12.2 Å². The van der Waals surface area contributed by atoms with E-state index in [0.717, 1.165) is 16.2 Å². The predicted octanol–water partition coefficient (Wildman–Crippen LogP) is 0.354. The van der Waals surface area contributed by atoms with Gasteiger partial charge in [0.15, 0.2) is 0 Å². The molecule has 1 saturated heterocycles. The smallest absolute Gasteiger partial charge is 0.325 e. The van der Waals surface area contributed by atoms with Crippen LogP contribution in [0.15, 0.2) is 42.6 Å². The lowest BCUT2D eigenvalue weighted by atomic mass is 10.1. The number of imide groups is 1. The molecule has 8 nitrogen and oxygen atoms in total. The molecule has 0 unspecified atom stereocenters. The summed E-state index contributed by atoms with van der Waals surface area (Å²) in [4.78, 5) is 44.2. The van der Waals surface area contributed by atoms with Gasteiger partial charge >= 0.3 is 6.03 Å². The Morgan fingerprint density at radius 2 is 2.00 bits per heavy atom. The number of aromatic nitrogens is 2. The number of hydrogen-bond donors (Lipinski definition) is 2. The normalized spacial score (nSPS) is 13.7. The van der Waals surface area contributed by atoms with Crippen molar-refractivity contribution in [2.45, 2.75) is 6.42 Å². The molecule has 1 aromatic carbocycles. The third kappa shape index (κ3) is 4.17. The van der Waals surface area contributed by atoms with Gasteiger partial charge in [-0.3, -0.25) is 14.5 Å². The van der Waals surface area contributed by atoms with Gasteiger partial charge in [-0.05, 0) is 6.07 Å². The van der Waals surface area contributed by atoms with E-state index in [0.29, 0.717) is 18.8 Å². The Balaban J connectivity index is 1.51. The minimum Gasteiger partial charge on any atom is -0.354 e. The number of nitrogens with one attached hydrogen (secondary N) is 2. The highest BCUT2D eigenvalue weighted by Crippen LogP contribution is 2.15. The molecule has 25 heavy (non-hydrogen) atoms. The molecule has 0 spiro atoms. The van der Waals surface area contributed by atoms with Gasteiger partial charge in [0.2, 0.25) is 5.91 Å². The monoisotopic (exact) mass is 339 g/mol. The Morgan fingerprint density at radius 3 is 2.72 bits per heavy atom. The Morgan fingerprint density at radius 1 is 1.20 bits per heavy atom. The van der Waals surface area contributed by atoms with Gasteiger partial charge in [0.25, 0.3) is 5.91 Å². The number of carbonyl (C=O) groups is 3. The van der Waals surface area contributed by atoms with E-state index < -0.39 is 17.8 Å². The first-order chi connectivity index (χ1) is 12.1. The van der Waals surface area contributed by atoms with Gasteiger partial charge in [0.1, 0.15) is 12.4 Å². The molecule has 1 aromatic heterocycles. The van der Waals surface area contributed by atoms with Gasteiger partial charge < -0.3 is 10.6 Å². The summed E-state index contributed by atoms with van der Waals surface area (Å²) < 4.78 is 0. The molecule has 128 valence electrons. The van der Waals surface area contributed by atoms with E-state index in [1.807, 2.05) is 36.4 Å². The van der Waals surface area contributed by atoms with Crippen molar-refractivity contribution in [2.75, 3.05) is 19.6 Å². The van der Waals surface area contributed by atoms with Crippen LogP contribution >= 0.6 is 0 Å². The molecule has 2 heterocycles. The van der Waals surface area contributed by atoms with Crippen LogP contribution in [0, 0.1) is 0 Å². The number of carbonyl (C=O) groups excluding carboxylic acids is 3. The molecule has 1 aliphatic heterocycles. The summed E-state index contributed by atoms with van der Waals surface area (Å²) in [6.45, 7) is -0.0253. The van der Waals surface area contributed by atoms with E-state index in [1.165, 1.54) is 0 Å². The van der Waals surface area contributed by atoms with Gasteiger partial charge in [-0.2, -0.15) is 0 Å². The standard InChI is InChI=1S/C17H17N5O3/c23-15(11-22-16(24)10-20-17(22)25)19-9-7-14-18-8-6-13(21-14)12-4-2-1-3-5-12/h1-6,8H,7,9-11H2,(H,19,23)(H,20,25). The minimum absolute atomic E-state index is 0.0633. The second-order valence-corrected chi connectivity index (χ2v) is 5.46. The van der Waals surface area contributed by atoms with Gasteiger partial charge in [-0.1, -0.05) is 30.3 Å². The van der Waals surface area contributed by atoms with E-state index in [4.69, 9.17) is 0 Å². The molecular weight excluding hydrogens is 322 g/mol. The average molecular weight is 339 g/mol. The number of hydrogen-bond acceptors (Lipinski definition) is 5. The number of urea groups is 1. The Labute approximate surface area is 144 Å². The van der Waals surface area contributed by atoms with Crippen molar-refractivity contribution in [3.05, 3.63) is 48.4 Å². The average Bonchev–Trinajstić information content (AvgIpc) is 2.95. The predicted molar refractivity (Wildman–Crippen MR) is 89.3 cm³/mol. The van der Waals surface area contributed by atoms with Gasteiger partial charge in [-0.25, -0.2) is 14.8 Å². The summed E-state index contributed by atoms with van der Waals surface area (Å²) in [5, 5.41) is 5.03. The summed E-state index contributed by atoms with van der Waals surface area (Å²) >= 11 is 0. The number of benzene rings is 1. The van der Waals surface area contributed by atoms with Crippen LogP contribution in [-0.4, -0.2) is 52.3 Å². The second-order valence-electron chi connectivity index (χ2n) is 5.46. The van der Waals surface area contributed by atoms with Crippen molar-refractivity contribution in [3.63, 3.8) is 0 Å². The van der Waals surface area contributed by atoms with Crippen LogP contribution in [0.2, 0.25) is 0 Å². The Hall–Kier alpha value is -3.29. The fourth-order valence-corrected chi connectivity index (χ4v) is 2.42. The SMILES string of the molecule is O=C(CN1C(=O)CNC1=O)NCCc1nccc(-c2ccccc2)n1. The van der Waals surface area contributed by atoms with E-state index >= 15 is 0 Å². The fourth-order valence-electron chi connectivity index (χ4n) is 2.42. The highest BCUT2D eigenvalue weighted by Gasteiger charge is 2.29.